The normalized spacial score (nSPS) is 25.3. The standard InChI is InChI=1S/C16H26N2/c1-4-13-6-8-15(10-13)16(18-17)14-7-5-11(2)12(3)9-14/h5,7,9,13,15-16,18H,4,6,8,10,17H2,1-3H3. The summed E-state index contributed by atoms with van der Waals surface area (Å²) < 4.78 is 0. The molecule has 2 heteroatoms. The fraction of sp³-hybridized carbons (Fsp3) is 0.625. The predicted molar refractivity (Wildman–Crippen MR) is 77.1 cm³/mol. The first-order valence-electron chi connectivity index (χ1n) is 7.19. The molecular weight excluding hydrogens is 220 g/mol. The fourth-order valence-electron chi connectivity index (χ4n) is 3.25. The summed E-state index contributed by atoms with van der Waals surface area (Å²) in [6.07, 6.45) is 5.30. The van der Waals surface area contributed by atoms with Crippen LogP contribution in [0, 0.1) is 25.7 Å². The van der Waals surface area contributed by atoms with E-state index < -0.39 is 0 Å². The zero-order valence-electron chi connectivity index (χ0n) is 11.9. The van der Waals surface area contributed by atoms with E-state index in [1.807, 2.05) is 0 Å². The lowest BCUT2D eigenvalue weighted by Gasteiger charge is -2.24. The first-order chi connectivity index (χ1) is 8.65. The molecular formula is C16H26N2. The molecule has 2 rings (SSSR count). The molecule has 3 unspecified atom stereocenters. The Kier molecular flexibility index (Phi) is 4.41. The third-order valence-corrected chi connectivity index (χ3v) is 4.70. The Labute approximate surface area is 111 Å². The lowest BCUT2D eigenvalue weighted by atomic mass is 9.89. The van der Waals surface area contributed by atoms with E-state index in [0.29, 0.717) is 12.0 Å². The largest absolute Gasteiger partial charge is 0.271 e. The molecule has 0 spiro atoms. The lowest BCUT2D eigenvalue weighted by Crippen LogP contribution is -2.32. The third kappa shape index (κ3) is 2.76. The maximum atomic E-state index is 5.81. The first kappa shape index (κ1) is 13.6. The number of hydrogen-bond acceptors (Lipinski definition) is 2. The molecule has 1 fully saturated rings. The first-order valence-corrected chi connectivity index (χ1v) is 7.19. The molecule has 1 aromatic rings. The minimum Gasteiger partial charge on any atom is -0.271 e. The van der Waals surface area contributed by atoms with Crippen molar-refractivity contribution in [3.63, 3.8) is 0 Å². The van der Waals surface area contributed by atoms with Crippen LogP contribution in [0.15, 0.2) is 18.2 Å². The van der Waals surface area contributed by atoms with Crippen molar-refractivity contribution in [3.8, 4) is 0 Å². The second-order valence-electron chi connectivity index (χ2n) is 5.84. The molecule has 18 heavy (non-hydrogen) atoms. The van der Waals surface area contributed by atoms with Crippen molar-refractivity contribution in [2.75, 3.05) is 0 Å². The van der Waals surface area contributed by atoms with Crippen molar-refractivity contribution in [3.05, 3.63) is 34.9 Å². The summed E-state index contributed by atoms with van der Waals surface area (Å²) in [5.41, 5.74) is 7.11. The molecule has 3 N–H and O–H groups in total. The van der Waals surface area contributed by atoms with Crippen LogP contribution in [-0.2, 0) is 0 Å². The number of hydrogen-bond donors (Lipinski definition) is 2. The number of hydrazine groups is 1. The van der Waals surface area contributed by atoms with Gasteiger partial charge in [-0.25, -0.2) is 0 Å². The Morgan fingerprint density at radius 2 is 2.06 bits per heavy atom. The Bertz CT molecular complexity index is 400. The fourth-order valence-corrected chi connectivity index (χ4v) is 3.25. The molecule has 0 saturated heterocycles. The van der Waals surface area contributed by atoms with Gasteiger partial charge in [0.1, 0.15) is 0 Å². The van der Waals surface area contributed by atoms with Crippen molar-refractivity contribution in [1.82, 2.24) is 5.43 Å². The van der Waals surface area contributed by atoms with Gasteiger partial charge in [-0.3, -0.25) is 11.3 Å². The highest BCUT2D eigenvalue weighted by Gasteiger charge is 2.30. The number of nitrogens with two attached hydrogens (primary N) is 1. The van der Waals surface area contributed by atoms with Crippen LogP contribution in [0.3, 0.4) is 0 Å². The van der Waals surface area contributed by atoms with Crippen molar-refractivity contribution in [2.24, 2.45) is 17.7 Å². The number of nitrogens with one attached hydrogen (secondary N) is 1. The smallest absolute Gasteiger partial charge is 0.0488 e. The van der Waals surface area contributed by atoms with Crippen molar-refractivity contribution in [2.45, 2.75) is 52.5 Å². The molecule has 1 aliphatic carbocycles. The van der Waals surface area contributed by atoms with Gasteiger partial charge in [-0.1, -0.05) is 38.0 Å². The molecule has 100 valence electrons. The minimum absolute atomic E-state index is 0.320. The van der Waals surface area contributed by atoms with Gasteiger partial charge >= 0.3 is 0 Å². The van der Waals surface area contributed by atoms with Gasteiger partial charge in [-0.05, 0) is 55.2 Å². The molecule has 0 heterocycles. The summed E-state index contributed by atoms with van der Waals surface area (Å²) in [6.45, 7) is 6.64. The van der Waals surface area contributed by atoms with Gasteiger partial charge in [-0.2, -0.15) is 0 Å². The van der Waals surface area contributed by atoms with E-state index in [0.717, 1.165) is 5.92 Å². The van der Waals surface area contributed by atoms with Crippen LogP contribution in [0.2, 0.25) is 0 Å². The Hall–Kier alpha value is -0.860. The summed E-state index contributed by atoms with van der Waals surface area (Å²) in [6, 6.07) is 7.05. The van der Waals surface area contributed by atoms with Gasteiger partial charge in [0, 0.05) is 6.04 Å². The van der Waals surface area contributed by atoms with Crippen LogP contribution >= 0.6 is 0 Å². The zero-order valence-corrected chi connectivity index (χ0v) is 11.9. The maximum Gasteiger partial charge on any atom is 0.0488 e. The molecule has 1 aromatic carbocycles. The van der Waals surface area contributed by atoms with E-state index in [1.54, 1.807) is 0 Å². The van der Waals surface area contributed by atoms with E-state index in [2.05, 4.69) is 44.4 Å². The van der Waals surface area contributed by atoms with Crippen molar-refractivity contribution >= 4 is 0 Å². The van der Waals surface area contributed by atoms with Crippen LogP contribution in [0.25, 0.3) is 0 Å². The molecule has 0 aliphatic heterocycles. The summed E-state index contributed by atoms with van der Waals surface area (Å²) in [7, 11) is 0. The Balaban J connectivity index is 2.15. The lowest BCUT2D eigenvalue weighted by molar-refractivity contribution is 0.358. The van der Waals surface area contributed by atoms with Crippen LogP contribution in [0.1, 0.15) is 55.3 Å². The monoisotopic (exact) mass is 246 g/mol. The topological polar surface area (TPSA) is 38.0 Å². The van der Waals surface area contributed by atoms with Gasteiger partial charge in [0.25, 0.3) is 0 Å². The molecule has 1 aliphatic rings. The zero-order chi connectivity index (χ0) is 13.1. The van der Waals surface area contributed by atoms with Crippen LogP contribution in [-0.4, -0.2) is 0 Å². The second kappa shape index (κ2) is 5.85. The van der Waals surface area contributed by atoms with Gasteiger partial charge in [0.15, 0.2) is 0 Å². The second-order valence-corrected chi connectivity index (χ2v) is 5.84. The van der Waals surface area contributed by atoms with Crippen LogP contribution in [0.5, 0.6) is 0 Å². The van der Waals surface area contributed by atoms with E-state index in [4.69, 9.17) is 5.84 Å². The molecule has 2 nitrogen and oxygen atoms in total. The summed E-state index contributed by atoms with van der Waals surface area (Å²) in [4.78, 5) is 0. The molecule has 1 saturated carbocycles. The summed E-state index contributed by atoms with van der Waals surface area (Å²) in [5.74, 6) is 7.41. The third-order valence-electron chi connectivity index (χ3n) is 4.70. The van der Waals surface area contributed by atoms with Crippen LogP contribution < -0.4 is 11.3 Å². The maximum absolute atomic E-state index is 5.81. The van der Waals surface area contributed by atoms with Gasteiger partial charge in [0.05, 0.1) is 0 Å². The van der Waals surface area contributed by atoms with Crippen molar-refractivity contribution in [1.29, 1.82) is 0 Å². The van der Waals surface area contributed by atoms with Gasteiger partial charge in [0.2, 0.25) is 0 Å². The molecule has 3 atom stereocenters. The average molecular weight is 246 g/mol. The number of benzene rings is 1. The van der Waals surface area contributed by atoms with Crippen molar-refractivity contribution < 1.29 is 0 Å². The van der Waals surface area contributed by atoms with E-state index in [-0.39, 0.29) is 0 Å². The van der Waals surface area contributed by atoms with Crippen LogP contribution in [0.4, 0.5) is 0 Å². The quantitative estimate of drug-likeness (QED) is 0.629. The van der Waals surface area contributed by atoms with E-state index in [9.17, 15) is 0 Å². The Morgan fingerprint density at radius 3 is 2.61 bits per heavy atom. The predicted octanol–water partition coefficient (Wildman–Crippen LogP) is 3.63. The highest BCUT2D eigenvalue weighted by Crippen LogP contribution is 2.40. The highest BCUT2D eigenvalue weighted by molar-refractivity contribution is 5.32. The molecule has 0 aromatic heterocycles. The van der Waals surface area contributed by atoms with E-state index in [1.165, 1.54) is 42.4 Å². The Morgan fingerprint density at radius 1 is 1.28 bits per heavy atom. The number of aryl methyl sites for hydroxylation is 2. The van der Waals surface area contributed by atoms with Gasteiger partial charge in [-0.15, -0.1) is 0 Å². The highest BCUT2D eigenvalue weighted by atomic mass is 15.2. The number of rotatable bonds is 4. The SMILES string of the molecule is CCC1CCC(C(NN)c2ccc(C)c(C)c2)C1. The minimum atomic E-state index is 0.320. The summed E-state index contributed by atoms with van der Waals surface area (Å²) in [5, 5.41) is 0. The van der Waals surface area contributed by atoms with E-state index >= 15 is 0 Å². The molecule has 0 amide bonds. The molecule has 0 radical (unpaired) electrons. The average Bonchev–Trinajstić information content (AvgIpc) is 2.83. The van der Waals surface area contributed by atoms with Gasteiger partial charge < -0.3 is 0 Å². The molecule has 0 bridgehead atoms. The summed E-state index contributed by atoms with van der Waals surface area (Å²) >= 11 is 0.